The summed E-state index contributed by atoms with van der Waals surface area (Å²) in [5, 5.41) is 0. The summed E-state index contributed by atoms with van der Waals surface area (Å²) in [5.74, 6) is -0.0989. The van der Waals surface area contributed by atoms with Crippen LogP contribution in [0.1, 0.15) is 39.3 Å². The Hall–Kier alpha value is -2.89. The van der Waals surface area contributed by atoms with Gasteiger partial charge in [0.25, 0.3) is 11.8 Å². The van der Waals surface area contributed by atoms with Gasteiger partial charge in [-0.15, -0.1) is 0 Å². The summed E-state index contributed by atoms with van der Waals surface area (Å²) >= 11 is 0. The number of aromatic nitrogens is 1. The minimum atomic E-state index is -0.0973. The van der Waals surface area contributed by atoms with Crippen LogP contribution in [0.4, 0.5) is 5.69 Å². The van der Waals surface area contributed by atoms with E-state index in [2.05, 4.69) is 41.1 Å². The van der Waals surface area contributed by atoms with Gasteiger partial charge in [-0.3, -0.25) is 14.6 Å². The van der Waals surface area contributed by atoms with E-state index in [4.69, 9.17) is 0 Å². The zero-order valence-corrected chi connectivity index (χ0v) is 16.3. The first-order valence-electron chi connectivity index (χ1n) is 9.98. The molecule has 0 bridgehead atoms. The lowest BCUT2D eigenvalue weighted by Gasteiger charge is -2.36. The Bertz CT molecular complexity index is 868. The van der Waals surface area contributed by atoms with E-state index in [1.165, 1.54) is 11.3 Å². The van der Waals surface area contributed by atoms with Gasteiger partial charge in [0.15, 0.2) is 0 Å². The second-order valence-corrected chi connectivity index (χ2v) is 7.55. The fourth-order valence-corrected chi connectivity index (χ4v) is 3.94. The molecule has 2 saturated heterocycles. The van der Waals surface area contributed by atoms with Gasteiger partial charge in [-0.1, -0.05) is 12.1 Å². The van der Waals surface area contributed by atoms with Gasteiger partial charge < -0.3 is 14.7 Å². The first-order chi connectivity index (χ1) is 13.6. The van der Waals surface area contributed by atoms with Gasteiger partial charge in [0, 0.05) is 56.7 Å². The zero-order valence-electron chi connectivity index (χ0n) is 16.3. The van der Waals surface area contributed by atoms with Gasteiger partial charge in [-0.25, -0.2) is 0 Å². The summed E-state index contributed by atoms with van der Waals surface area (Å²) in [6.45, 7) is 6.57. The Labute approximate surface area is 165 Å². The number of carbonyl (C=O) groups excluding carboxylic acids is 2. The maximum atomic E-state index is 12.9. The predicted molar refractivity (Wildman–Crippen MR) is 109 cm³/mol. The lowest BCUT2D eigenvalue weighted by atomic mass is 10.1. The van der Waals surface area contributed by atoms with E-state index in [0.29, 0.717) is 24.3 Å². The number of hydrogen-bond donors (Lipinski definition) is 0. The molecule has 2 aromatic rings. The molecule has 1 aromatic carbocycles. The van der Waals surface area contributed by atoms with E-state index in [9.17, 15) is 9.59 Å². The molecule has 2 fully saturated rings. The molecular weight excluding hydrogens is 352 g/mol. The molecule has 0 spiro atoms. The third-order valence-corrected chi connectivity index (χ3v) is 5.55. The lowest BCUT2D eigenvalue weighted by molar-refractivity contribution is 0.0740. The summed E-state index contributed by atoms with van der Waals surface area (Å²) < 4.78 is 0. The van der Waals surface area contributed by atoms with Crippen molar-refractivity contribution in [1.29, 1.82) is 0 Å². The van der Waals surface area contributed by atoms with Crippen molar-refractivity contribution in [3.8, 4) is 0 Å². The SMILES string of the molecule is Cc1cccc(N2CCN(C(=O)c3cc(C(=O)N4CCCC4)ccn3)CC2)c1. The van der Waals surface area contributed by atoms with Crippen LogP contribution in [0.2, 0.25) is 0 Å². The van der Waals surface area contributed by atoms with Crippen molar-refractivity contribution in [2.45, 2.75) is 19.8 Å². The monoisotopic (exact) mass is 378 g/mol. The molecule has 28 heavy (non-hydrogen) atoms. The normalized spacial score (nSPS) is 17.1. The number of benzene rings is 1. The number of hydrogen-bond acceptors (Lipinski definition) is 4. The number of amides is 2. The Morgan fingerprint density at radius 3 is 2.29 bits per heavy atom. The maximum absolute atomic E-state index is 12.9. The van der Waals surface area contributed by atoms with Crippen LogP contribution in [0.25, 0.3) is 0 Å². The third-order valence-electron chi connectivity index (χ3n) is 5.55. The van der Waals surface area contributed by atoms with Gasteiger partial charge >= 0.3 is 0 Å². The average Bonchev–Trinajstić information content (AvgIpc) is 3.28. The van der Waals surface area contributed by atoms with Crippen LogP contribution in [0.15, 0.2) is 42.6 Å². The molecule has 2 aliphatic rings. The first-order valence-corrected chi connectivity index (χ1v) is 9.98. The molecule has 0 aliphatic carbocycles. The van der Waals surface area contributed by atoms with Gasteiger partial charge in [-0.05, 0) is 49.6 Å². The number of carbonyl (C=O) groups is 2. The van der Waals surface area contributed by atoms with Crippen LogP contribution in [0.5, 0.6) is 0 Å². The Kier molecular flexibility index (Phi) is 5.28. The van der Waals surface area contributed by atoms with Crippen molar-refractivity contribution in [3.05, 3.63) is 59.4 Å². The quantitative estimate of drug-likeness (QED) is 0.824. The largest absolute Gasteiger partial charge is 0.368 e. The fraction of sp³-hybridized carbons (Fsp3) is 0.409. The summed E-state index contributed by atoms with van der Waals surface area (Å²) in [6, 6.07) is 11.8. The second-order valence-electron chi connectivity index (χ2n) is 7.55. The van der Waals surface area contributed by atoms with E-state index >= 15 is 0 Å². The highest BCUT2D eigenvalue weighted by atomic mass is 16.2. The van der Waals surface area contributed by atoms with Crippen LogP contribution >= 0.6 is 0 Å². The topological polar surface area (TPSA) is 56.8 Å². The van der Waals surface area contributed by atoms with E-state index < -0.39 is 0 Å². The van der Waals surface area contributed by atoms with E-state index in [1.807, 2.05) is 9.80 Å². The number of piperazine rings is 1. The van der Waals surface area contributed by atoms with Crippen molar-refractivity contribution in [3.63, 3.8) is 0 Å². The molecule has 0 unspecified atom stereocenters. The van der Waals surface area contributed by atoms with Crippen LogP contribution in [0.3, 0.4) is 0 Å². The molecule has 0 atom stereocenters. The van der Waals surface area contributed by atoms with Crippen molar-refractivity contribution in [2.75, 3.05) is 44.2 Å². The molecule has 4 rings (SSSR count). The number of rotatable bonds is 3. The smallest absolute Gasteiger partial charge is 0.272 e. The number of anilines is 1. The molecule has 0 radical (unpaired) electrons. The van der Waals surface area contributed by atoms with Crippen molar-refractivity contribution < 1.29 is 9.59 Å². The van der Waals surface area contributed by atoms with E-state index in [0.717, 1.165) is 39.0 Å². The molecular formula is C22H26N4O2. The number of pyridine rings is 1. The average molecular weight is 378 g/mol. The first kappa shape index (κ1) is 18.5. The molecule has 0 N–H and O–H groups in total. The summed E-state index contributed by atoms with van der Waals surface area (Å²) in [6.07, 6.45) is 3.67. The van der Waals surface area contributed by atoms with Crippen LogP contribution < -0.4 is 4.90 Å². The molecule has 2 amide bonds. The van der Waals surface area contributed by atoms with Gasteiger partial charge in [0.2, 0.25) is 0 Å². The predicted octanol–water partition coefficient (Wildman–Crippen LogP) is 2.59. The molecule has 0 saturated carbocycles. The highest BCUT2D eigenvalue weighted by Gasteiger charge is 2.25. The van der Waals surface area contributed by atoms with E-state index in [-0.39, 0.29) is 11.8 Å². The third kappa shape index (κ3) is 3.86. The molecule has 3 heterocycles. The molecule has 1 aromatic heterocycles. The zero-order chi connectivity index (χ0) is 19.5. The Morgan fingerprint density at radius 2 is 1.57 bits per heavy atom. The van der Waals surface area contributed by atoms with Crippen LogP contribution in [0, 0.1) is 6.92 Å². The Morgan fingerprint density at radius 1 is 0.857 bits per heavy atom. The molecule has 2 aliphatic heterocycles. The Balaban J connectivity index is 1.41. The fourth-order valence-electron chi connectivity index (χ4n) is 3.94. The molecule has 6 heteroatoms. The van der Waals surface area contributed by atoms with Crippen LogP contribution in [-0.2, 0) is 0 Å². The number of nitrogens with zero attached hydrogens (tertiary/aromatic N) is 4. The summed E-state index contributed by atoms with van der Waals surface area (Å²) in [5.41, 5.74) is 3.34. The van der Waals surface area contributed by atoms with Crippen molar-refractivity contribution >= 4 is 17.5 Å². The van der Waals surface area contributed by atoms with Gasteiger partial charge in [0.1, 0.15) is 5.69 Å². The maximum Gasteiger partial charge on any atom is 0.272 e. The van der Waals surface area contributed by atoms with E-state index in [1.54, 1.807) is 18.3 Å². The molecule has 6 nitrogen and oxygen atoms in total. The van der Waals surface area contributed by atoms with Gasteiger partial charge in [0.05, 0.1) is 0 Å². The standard InChI is InChI=1S/C22H26N4O2/c1-17-5-4-6-19(15-17)24-11-13-26(14-12-24)22(28)20-16-18(7-8-23-20)21(27)25-9-2-3-10-25/h4-8,15-16H,2-3,9-14H2,1H3. The number of aryl methyl sites for hydroxylation is 1. The molecule has 146 valence electrons. The number of likely N-dealkylation sites (tertiary alicyclic amines) is 1. The second kappa shape index (κ2) is 8.00. The minimum Gasteiger partial charge on any atom is -0.368 e. The highest BCUT2D eigenvalue weighted by molar-refractivity contribution is 5.98. The summed E-state index contributed by atoms with van der Waals surface area (Å²) in [4.78, 5) is 35.7. The minimum absolute atomic E-state index is 0.00165. The van der Waals surface area contributed by atoms with Crippen molar-refractivity contribution in [1.82, 2.24) is 14.8 Å². The highest BCUT2D eigenvalue weighted by Crippen LogP contribution is 2.19. The van der Waals surface area contributed by atoms with Gasteiger partial charge in [-0.2, -0.15) is 0 Å². The lowest BCUT2D eigenvalue weighted by Crippen LogP contribution is -2.49. The van der Waals surface area contributed by atoms with Crippen LogP contribution in [-0.4, -0.2) is 65.9 Å². The summed E-state index contributed by atoms with van der Waals surface area (Å²) in [7, 11) is 0. The van der Waals surface area contributed by atoms with Crippen molar-refractivity contribution in [2.24, 2.45) is 0 Å².